The Bertz CT molecular complexity index is 1150. The Morgan fingerprint density at radius 1 is 1.07 bits per heavy atom. The molecule has 1 aromatic heterocycles. The lowest BCUT2D eigenvalue weighted by atomic mass is 10.2. The van der Waals surface area contributed by atoms with E-state index in [1.165, 1.54) is 35.6 Å². The third kappa shape index (κ3) is 4.33. The average molecular weight is 446 g/mol. The number of aromatic nitrogens is 1. The summed E-state index contributed by atoms with van der Waals surface area (Å²) in [4.78, 5) is 17.2. The van der Waals surface area contributed by atoms with Gasteiger partial charge in [-0.3, -0.25) is 10.1 Å². The van der Waals surface area contributed by atoms with E-state index < -0.39 is 10.0 Å². The molecule has 2 aromatic carbocycles. The van der Waals surface area contributed by atoms with Crippen LogP contribution in [0.4, 0.5) is 5.13 Å². The number of benzene rings is 2. The summed E-state index contributed by atoms with van der Waals surface area (Å²) in [7, 11) is -1.93. The zero-order chi connectivity index (χ0) is 21.1. The zero-order valence-corrected chi connectivity index (χ0v) is 18.3. The van der Waals surface area contributed by atoms with Crippen molar-refractivity contribution in [1.29, 1.82) is 0 Å². The molecule has 30 heavy (non-hydrogen) atoms. The Labute approximate surface area is 179 Å². The van der Waals surface area contributed by atoms with Crippen LogP contribution in [0.15, 0.2) is 47.4 Å². The molecule has 3 aromatic rings. The number of hydrogen-bond acceptors (Lipinski definition) is 6. The Balaban J connectivity index is 1.49. The molecule has 0 bridgehead atoms. The molecule has 0 atom stereocenters. The molecular weight excluding hydrogens is 422 g/mol. The smallest absolute Gasteiger partial charge is 0.257 e. The lowest BCUT2D eigenvalue weighted by molar-refractivity contribution is 0.102. The summed E-state index contributed by atoms with van der Waals surface area (Å²) in [5.74, 6) is 0.393. The van der Waals surface area contributed by atoms with Crippen LogP contribution in [0.1, 0.15) is 36.0 Å². The van der Waals surface area contributed by atoms with Crippen LogP contribution in [0.2, 0.25) is 0 Å². The van der Waals surface area contributed by atoms with Crippen LogP contribution in [0.25, 0.3) is 10.2 Å². The van der Waals surface area contributed by atoms with E-state index in [1.807, 2.05) is 18.2 Å². The van der Waals surface area contributed by atoms with Crippen LogP contribution in [0, 0.1) is 0 Å². The molecule has 0 unspecified atom stereocenters. The second kappa shape index (κ2) is 8.71. The van der Waals surface area contributed by atoms with Gasteiger partial charge in [0.1, 0.15) is 5.75 Å². The fraction of sp³-hybridized carbons (Fsp3) is 0.333. The Kier molecular flexibility index (Phi) is 6.03. The lowest BCUT2D eigenvalue weighted by Gasteiger charge is -2.20. The minimum Gasteiger partial charge on any atom is -0.497 e. The molecule has 0 spiro atoms. The number of nitrogens with one attached hydrogen (secondary N) is 1. The number of carbonyl (C=O) groups excluding carboxylic acids is 1. The number of hydrogen-bond donors (Lipinski definition) is 1. The second-order valence-electron chi connectivity index (χ2n) is 7.15. The first-order chi connectivity index (χ1) is 14.5. The minimum absolute atomic E-state index is 0.216. The molecular formula is C21H23N3O4S2. The van der Waals surface area contributed by atoms with Crippen molar-refractivity contribution in [2.75, 3.05) is 25.5 Å². The van der Waals surface area contributed by atoms with Crippen molar-refractivity contribution < 1.29 is 17.9 Å². The van der Waals surface area contributed by atoms with Gasteiger partial charge in [0.05, 0.1) is 22.2 Å². The normalized spacial score (nSPS) is 15.6. The number of rotatable bonds is 5. The van der Waals surface area contributed by atoms with E-state index in [-0.39, 0.29) is 10.8 Å². The van der Waals surface area contributed by atoms with E-state index in [0.717, 1.165) is 41.6 Å². The standard InChI is InChI=1S/C21H23N3O4S2/c1-28-16-8-11-18-19(14-16)29-21(22-18)23-20(25)15-6-9-17(10-7-15)30(26,27)24-12-4-2-3-5-13-24/h6-11,14H,2-5,12-13H2,1H3,(H,22,23,25). The monoisotopic (exact) mass is 445 g/mol. The first-order valence-electron chi connectivity index (χ1n) is 9.83. The minimum atomic E-state index is -3.53. The first kappa shape index (κ1) is 20.8. The summed E-state index contributed by atoms with van der Waals surface area (Å²) in [6.45, 7) is 1.10. The predicted molar refractivity (Wildman–Crippen MR) is 118 cm³/mol. The van der Waals surface area contributed by atoms with E-state index in [4.69, 9.17) is 4.74 Å². The maximum atomic E-state index is 12.9. The number of carbonyl (C=O) groups is 1. The molecule has 158 valence electrons. The van der Waals surface area contributed by atoms with Gasteiger partial charge in [-0.2, -0.15) is 4.31 Å². The van der Waals surface area contributed by atoms with E-state index in [1.54, 1.807) is 11.4 Å². The fourth-order valence-corrected chi connectivity index (χ4v) is 5.87. The van der Waals surface area contributed by atoms with E-state index in [0.29, 0.717) is 23.8 Å². The third-order valence-corrected chi connectivity index (χ3v) is 7.98. The first-order valence-corrected chi connectivity index (χ1v) is 12.1. The average Bonchev–Trinajstić information content (AvgIpc) is 2.95. The number of ether oxygens (including phenoxy) is 1. The van der Waals surface area contributed by atoms with Gasteiger partial charge in [0.15, 0.2) is 5.13 Å². The van der Waals surface area contributed by atoms with Gasteiger partial charge in [-0.05, 0) is 55.3 Å². The SMILES string of the molecule is COc1ccc2nc(NC(=O)c3ccc(S(=O)(=O)N4CCCCCC4)cc3)sc2c1. The molecule has 0 saturated carbocycles. The van der Waals surface area contributed by atoms with Gasteiger partial charge in [0.25, 0.3) is 5.91 Å². The van der Waals surface area contributed by atoms with Crippen molar-refractivity contribution >= 4 is 42.6 Å². The molecule has 1 aliphatic heterocycles. The largest absolute Gasteiger partial charge is 0.497 e. The van der Waals surface area contributed by atoms with Crippen molar-refractivity contribution in [1.82, 2.24) is 9.29 Å². The second-order valence-corrected chi connectivity index (χ2v) is 10.1. The van der Waals surface area contributed by atoms with Crippen LogP contribution >= 0.6 is 11.3 Å². The molecule has 1 fully saturated rings. The van der Waals surface area contributed by atoms with Gasteiger partial charge in [-0.15, -0.1) is 0 Å². The molecule has 1 aliphatic rings. The quantitative estimate of drug-likeness (QED) is 0.638. The summed E-state index contributed by atoms with van der Waals surface area (Å²) < 4.78 is 33.4. The molecule has 7 nitrogen and oxygen atoms in total. The van der Waals surface area contributed by atoms with E-state index in [9.17, 15) is 13.2 Å². The van der Waals surface area contributed by atoms with Gasteiger partial charge >= 0.3 is 0 Å². The molecule has 0 aliphatic carbocycles. The number of methoxy groups -OCH3 is 1. The van der Waals surface area contributed by atoms with Crippen LogP contribution in [0.5, 0.6) is 5.75 Å². The predicted octanol–water partition coefficient (Wildman–Crippen LogP) is 4.12. The highest BCUT2D eigenvalue weighted by Gasteiger charge is 2.25. The molecule has 1 amide bonds. The van der Waals surface area contributed by atoms with Gasteiger partial charge in [0.2, 0.25) is 10.0 Å². The van der Waals surface area contributed by atoms with Crippen molar-refractivity contribution in [2.24, 2.45) is 0 Å². The molecule has 0 radical (unpaired) electrons. The van der Waals surface area contributed by atoms with Crippen LogP contribution in [0.3, 0.4) is 0 Å². The van der Waals surface area contributed by atoms with Crippen molar-refractivity contribution in [3.63, 3.8) is 0 Å². The fourth-order valence-electron chi connectivity index (χ4n) is 3.46. The maximum absolute atomic E-state index is 12.9. The van der Waals surface area contributed by atoms with Gasteiger partial charge in [-0.25, -0.2) is 13.4 Å². The Morgan fingerprint density at radius 3 is 2.43 bits per heavy atom. The van der Waals surface area contributed by atoms with Crippen molar-refractivity contribution in [2.45, 2.75) is 30.6 Å². The summed E-state index contributed by atoms with van der Waals surface area (Å²) in [6.07, 6.45) is 3.88. The van der Waals surface area contributed by atoms with Crippen LogP contribution in [-0.2, 0) is 10.0 Å². The number of sulfonamides is 1. The third-order valence-electron chi connectivity index (χ3n) is 5.14. The van der Waals surface area contributed by atoms with Crippen molar-refractivity contribution in [3.8, 4) is 5.75 Å². The number of amides is 1. The molecule has 4 rings (SSSR count). The number of fused-ring (bicyclic) bond motifs is 1. The summed E-state index contributed by atoms with van der Waals surface area (Å²) >= 11 is 1.35. The summed E-state index contributed by atoms with van der Waals surface area (Å²) in [6, 6.07) is 11.6. The zero-order valence-electron chi connectivity index (χ0n) is 16.6. The highest BCUT2D eigenvalue weighted by atomic mass is 32.2. The summed E-state index contributed by atoms with van der Waals surface area (Å²) in [5.41, 5.74) is 1.15. The number of anilines is 1. The van der Waals surface area contributed by atoms with Gasteiger partial charge < -0.3 is 4.74 Å². The van der Waals surface area contributed by atoms with Crippen molar-refractivity contribution in [3.05, 3.63) is 48.0 Å². The lowest BCUT2D eigenvalue weighted by Crippen LogP contribution is -2.31. The Hall–Kier alpha value is -2.49. The van der Waals surface area contributed by atoms with Gasteiger partial charge in [0, 0.05) is 18.7 Å². The highest BCUT2D eigenvalue weighted by Crippen LogP contribution is 2.29. The molecule has 9 heteroatoms. The molecule has 1 N–H and O–H groups in total. The van der Waals surface area contributed by atoms with E-state index in [2.05, 4.69) is 10.3 Å². The number of thiazole rings is 1. The summed E-state index contributed by atoms with van der Waals surface area (Å²) in [5, 5.41) is 3.26. The molecule has 2 heterocycles. The van der Waals surface area contributed by atoms with Crippen LogP contribution < -0.4 is 10.1 Å². The van der Waals surface area contributed by atoms with Crippen LogP contribution in [-0.4, -0.2) is 43.8 Å². The highest BCUT2D eigenvalue weighted by molar-refractivity contribution is 7.89. The maximum Gasteiger partial charge on any atom is 0.257 e. The Morgan fingerprint density at radius 2 is 1.77 bits per heavy atom. The van der Waals surface area contributed by atoms with E-state index >= 15 is 0 Å². The topological polar surface area (TPSA) is 88.6 Å². The van der Waals surface area contributed by atoms with Gasteiger partial charge in [-0.1, -0.05) is 24.2 Å². The number of nitrogens with zero attached hydrogens (tertiary/aromatic N) is 2. The molecule has 1 saturated heterocycles.